The lowest BCUT2D eigenvalue weighted by Crippen LogP contribution is -2.13. The van der Waals surface area contributed by atoms with Gasteiger partial charge in [-0.3, -0.25) is 4.72 Å². The van der Waals surface area contributed by atoms with Crippen molar-refractivity contribution >= 4 is 27.5 Å². The molecule has 3 aromatic rings. The summed E-state index contributed by atoms with van der Waals surface area (Å²) >= 11 is 1.35. The molecule has 0 aliphatic heterocycles. The van der Waals surface area contributed by atoms with E-state index in [9.17, 15) is 8.42 Å². The predicted octanol–water partition coefficient (Wildman–Crippen LogP) is 3.72. The van der Waals surface area contributed by atoms with Crippen LogP contribution in [-0.4, -0.2) is 23.2 Å². The quantitative estimate of drug-likeness (QED) is 0.667. The average Bonchev–Trinajstić information content (AvgIpc) is 3.02. The van der Waals surface area contributed by atoms with E-state index in [2.05, 4.69) is 21.8 Å². The van der Waals surface area contributed by atoms with Crippen LogP contribution in [0.1, 0.15) is 18.9 Å². The lowest BCUT2D eigenvalue weighted by molar-refractivity contribution is 0.601. The largest absolute Gasteiger partial charge is 0.311 e. The SMILES string of the molecule is CCCc1ccc(S(=O)(=O)Nc2ccccc2Sc2nncn2C)cc1. The maximum Gasteiger partial charge on any atom is 0.261 e. The van der Waals surface area contributed by atoms with Crippen molar-refractivity contribution in [3.63, 3.8) is 0 Å². The molecule has 1 aromatic heterocycles. The zero-order valence-corrected chi connectivity index (χ0v) is 16.2. The van der Waals surface area contributed by atoms with Gasteiger partial charge in [-0.25, -0.2) is 8.42 Å². The zero-order chi connectivity index (χ0) is 18.6. The molecule has 1 heterocycles. The molecule has 2 aromatic carbocycles. The number of aryl methyl sites for hydroxylation is 2. The van der Waals surface area contributed by atoms with Crippen LogP contribution >= 0.6 is 11.8 Å². The first-order valence-electron chi connectivity index (χ1n) is 8.22. The third-order valence-corrected chi connectivity index (χ3v) is 6.28. The van der Waals surface area contributed by atoms with Crippen molar-refractivity contribution in [3.05, 3.63) is 60.4 Å². The summed E-state index contributed by atoms with van der Waals surface area (Å²) in [4.78, 5) is 1.01. The van der Waals surface area contributed by atoms with Crippen molar-refractivity contribution in [1.29, 1.82) is 0 Å². The Kier molecular flexibility index (Phi) is 5.63. The van der Waals surface area contributed by atoms with Gasteiger partial charge in [0.15, 0.2) is 5.16 Å². The third-order valence-electron chi connectivity index (χ3n) is 3.77. The fourth-order valence-electron chi connectivity index (χ4n) is 2.43. The predicted molar refractivity (Wildman–Crippen MR) is 103 cm³/mol. The van der Waals surface area contributed by atoms with Gasteiger partial charge in [-0.15, -0.1) is 10.2 Å². The van der Waals surface area contributed by atoms with E-state index in [-0.39, 0.29) is 4.90 Å². The Labute approximate surface area is 157 Å². The molecule has 0 amide bonds. The van der Waals surface area contributed by atoms with Crippen molar-refractivity contribution in [1.82, 2.24) is 14.8 Å². The normalized spacial score (nSPS) is 11.5. The number of nitrogens with one attached hydrogen (secondary N) is 1. The molecule has 8 heteroatoms. The van der Waals surface area contributed by atoms with Crippen LogP contribution in [0.15, 0.2) is 69.8 Å². The van der Waals surface area contributed by atoms with Gasteiger partial charge in [-0.05, 0) is 48.0 Å². The van der Waals surface area contributed by atoms with E-state index in [4.69, 9.17) is 0 Å². The van der Waals surface area contributed by atoms with Gasteiger partial charge in [0.05, 0.1) is 10.6 Å². The van der Waals surface area contributed by atoms with Crippen LogP contribution in [0.4, 0.5) is 5.69 Å². The minimum Gasteiger partial charge on any atom is -0.311 e. The van der Waals surface area contributed by atoms with Crippen molar-refractivity contribution in [2.45, 2.75) is 34.7 Å². The highest BCUT2D eigenvalue weighted by molar-refractivity contribution is 7.99. The third kappa shape index (κ3) is 4.25. The number of anilines is 1. The van der Waals surface area contributed by atoms with Gasteiger partial charge < -0.3 is 4.57 Å². The summed E-state index contributed by atoms with van der Waals surface area (Å²) in [5.74, 6) is 0. The Balaban J connectivity index is 1.84. The van der Waals surface area contributed by atoms with Gasteiger partial charge in [0, 0.05) is 11.9 Å². The molecular formula is C18H20N4O2S2. The topological polar surface area (TPSA) is 76.9 Å². The molecule has 6 nitrogen and oxygen atoms in total. The lowest BCUT2D eigenvalue weighted by atomic mass is 10.1. The van der Waals surface area contributed by atoms with Crippen LogP contribution in [0.3, 0.4) is 0 Å². The molecule has 0 saturated heterocycles. The van der Waals surface area contributed by atoms with Crippen LogP contribution in [0.2, 0.25) is 0 Å². The molecule has 0 unspecified atom stereocenters. The smallest absolute Gasteiger partial charge is 0.261 e. The Hall–Kier alpha value is -2.32. The number of rotatable bonds is 7. The van der Waals surface area contributed by atoms with Gasteiger partial charge in [0.25, 0.3) is 10.0 Å². The van der Waals surface area contributed by atoms with Crippen LogP contribution in [-0.2, 0) is 23.5 Å². The van der Waals surface area contributed by atoms with Crippen LogP contribution < -0.4 is 4.72 Å². The summed E-state index contributed by atoms with van der Waals surface area (Å²) in [7, 11) is -1.82. The van der Waals surface area contributed by atoms with E-state index in [1.165, 1.54) is 11.8 Å². The summed E-state index contributed by atoms with van der Waals surface area (Å²) < 4.78 is 29.9. The number of benzene rings is 2. The monoisotopic (exact) mass is 388 g/mol. The Morgan fingerprint density at radius 3 is 2.50 bits per heavy atom. The number of nitrogens with zero attached hydrogens (tertiary/aromatic N) is 3. The number of hydrogen-bond donors (Lipinski definition) is 1. The van der Waals surface area contributed by atoms with Crippen molar-refractivity contribution < 1.29 is 8.42 Å². The lowest BCUT2D eigenvalue weighted by Gasteiger charge is -2.12. The molecule has 1 N–H and O–H groups in total. The minimum atomic E-state index is -3.66. The van der Waals surface area contributed by atoms with E-state index in [0.717, 1.165) is 23.3 Å². The molecule has 0 radical (unpaired) electrons. The van der Waals surface area contributed by atoms with E-state index in [0.29, 0.717) is 10.8 Å². The highest BCUT2D eigenvalue weighted by Crippen LogP contribution is 2.33. The summed E-state index contributed by atoms with van der Waals surface area (Å²) in [5.41, 5.74) is 1.64. The molecule has 26 heavy (non-hydrogen) atoms. The van der Waals surface area contributed by atoms with Gasteiger partial charge >= 0.3 is 0 Å². The summed E-state index contributed by atoms with van der Waals surface area (Å²) in [6.07, 6.45) is 3.56. The second kappa shape index (κ2) is 7.92. The minimum absolute atomic E-state index is 0.246. The summed E-state index contributed by atoms with van der Waals surface area (Å²) in [6, 6.07) is 14.2. The molecule has 0 aliphatic rings. The number of sulfonamides is 1. The molecule has 0 aliphatic carbocycles. The number of aromatic nitrogens is 3. The Morgan fingerprint density at radius 1 is 1.12 bits per heavy atom. The highest BCUT2D eigenvalue weighted by Gasteiger charge is 2.17. The first kappa shape index (κ1) is 18.5. The number of para-hydroxylation sites is 1. The van der Waals surface area contributed by atoms with Crippen LogP contribution in [0.25, 0.3) is 0 Å². The van der Waals surface area contributed by atoms with Crippen LogP contribution in [0, 0.1) is 0 Å². The molecule has 0 spiro atoms. The molecular weight excluding hydrogens is 368 g/mol. The fourth-order valence-corrected chi connectivity index (χ4v) is 4.43. The standard InChI is InChI=1S/C18H20N4O2S2/c1-3-6-14-9-11-15(12-10-14)26(23,24)21-16-7-4-5-8-17(16)25-18-20-19-13-22(18)2/h4-5,7-13,21H,3,6H2,1-2H3. The van der Waals surface area contributed by atoms with Crippen molar-refractivity contribution in [2.24, 2.45) is 7.05 Å². The molecule has 3 rings (SSSR count). The Bertz CT molecular complexity index is 982. The first-order valence-corrected chi connectivity index (χ1v) is 10.5. The van der Waals surface area contributed by atoms with E-state index in [1.807, 2.05) is 31.3 Å². The average molecular weight is 389 g/mol. The van der Waals surface area contributed by atoms with Crippen molar-refractivity contribution in [3.8, 4) is 0 Å². The zero-order valence-electron chi connectivity index (χ0n) is 14.6. The van der Waals surface area contributed by atoms with Gasteiger partial charge in [0.1, 0.15) is 6.33 Å². The second-order valence-corrected chi connectivity index (χ2v) is 8.51. The van der Waals surface area contributed by atoms with Gasteiger partial charge in [0.2, 0.25) is 0 Å². The fraction of sp³-hybridized carbons (Fsp3) is 0.222. The van der Waals surface area contributed by atoms with E-state index in [1.54, 1.807) is 35.2 Å². The van der Waals surface area contributed by atoms with Crippen molar-refractivity contribution in [2.75, 3.05) is 4.72 Å². The molecule has 0 bridgehead atoms. The van der Waals surface area contributed by atoms with E-state index < -0.39 is 10.0 Å². The van der Waals surface area contributed by atoms with Gasteiger partial charge in [-0.1, -0.05) is 37.6 Å². The molecule has 0 atom stereocenters. The second-order valence-electron chi connectivity index (χ2n) is 5.82. The highest BCUT2D eigenvalue weighted by atomic mass is 32.2. The first-order chi connectivity index (χ1) is 12.5. The summed E-state index contributed by atoms with van der Waals surface area (Å²) in [5, 5.41) is 8.56. The molecule has 0 saturated carbocycles. The Morgan fingerprint density at radius 2 is 1.85 bits per heavy atom. The number of hydrogen-bond acceptors (Lipinski definition) is 5. The van der Waals surface area contributed by atoms with Gasteiger partial charge in [-0.2, -0.15) is 0 Å². The molecule has 0 fully saturated rings. The maximum absolute atomic E-state index is 12.7. The maximum atomic E-state index is 12.7. The summed E-state index contributed by atoms with van der Waals surface area (Å²) in [6.45, 7) is 2.10. The van der Waals surface area contributed by atoms with E-state index >= 15 is 0 Å². The molecule has 136 valence electrons. The van der Waals surface area contributed by atoms with Crippen LogP contribution in [0.5, 0.6) is 0 Å².